The van der Waals surface area contributed by atoms with Crippen molar-refractivity contribution in [1.29, 1.82) is 0 Å². The lowest BCUT2D eigenvalue weighted by Gasteiger charge is -2.26. The van der Waals surface area contributed by atoms with E-state index in [1.165, 1.54) is 38.7 Å². The van der Waals surface area contributed by atoms with Crippen molar-refractivity contribution in [2.24, 2.45) is 5.92 Å². The van der Waals surface area contributed by atoms with Crippen LogP contribution in [0.5, 0.6) is 0 Å². The Labute approximate surface area is 163 Å². The molecule has 1 aromatic rings. The highest BCUT2D eigenvalue weighted by atomic mass is 32.2. The average molecular weight is 412 g/mol. The molecule has 28 heavy (non-hydrogen) atoms. The number of ether oxygens (including phenoxy) is 3. The van der Waals surface area contributed by atoms with Crippen molar-refractivity contribution in [3.8, 4) is 0 Å². The normalized spacial score (nSPS) is 23.7. The van der Waals surface area contributed by atoms with Gasteiger partial charge in [-0.25, -0.2) is 4.79 Å². The minimum atomic E-state index is -0.884. The number of nitrogens with one attached hydrogen (secondary N) is 2. The van der Waals surface area contributed by atoms with E-state index in [0.717, 1.165) is 0 Å². The van der Waals surface area contributed by atoms with Crippen LogP contribution in [0.2, 0.25) is 0 Å². The van der Waals surface area contributed by atoms with Crippen molar-refractivity contribution < 1.29 is 28.6 Å². The number of hydrogen-bond donors (Lipinski definition) is 2. The molecule has 1 aromatic heterocycles. The molecular weight excluding hydrogens is 392 g/mol. The first-order chi connectivity index (χ1) is 13.1. The van der Waals surface area contributed by atoms with Crippen molar-refractivity contribution >= 4 is 29.7 Å². The largest absolute Gasteiger partial charge is 0.465 e. The minimum absolute atomic E-state index is 0.00725. The Morgan fingerprint density at radius 1 is 1.14 bits per heavy atom. The molecule has 0 bridgehead atoms. The van der Waals surface area contributed by atoms with Gasteiger partial charge in [0.2, 0.25) is 0 Å². The zero-order chi connectivity index (χ0) is 21.0. The molecule has 1 aliphatic rings. The Morgan fingerprint density at radius 2 is 1.82 bits per heavy atom. The van der Waals surface area contributed by atoms with Gasteiger partial charge < -0.3 is 19.2 Å². The maximum atomic E-state index is 12.3. The molecule has 1 fully saturated rings. The van der Waals surface area contributed by atoms with E-state index in [-0.39, 0.29) is 17.9 Å². The van der Waals surface area contributed by atoms with Crippen molar-refractivity contribution in [1.82, 2.24) is 9.97 Å². The number of aromatic amines is 2. The quantitative estimate of drug-likeness (QED) is 0.385. The lowest BCUT2D eigenvalue weighted by Crippen LogP contribution is -2.36. The zero-order valence-corrected chi connectivity index (χ0v) is 16.3. The topological polar surface area (TPSA) is 145 Å². The van der Waals surface area contributed by atoms with Gasteiger partial charge in [0.1, 0.15) is 18.5 Å². The summed E-state index contributed by atoms with van der Waals surface area (Å²) in [5.74, 6) is -2.57. The molecule has 0 spiro atoms. The molecule has 2 heterocycles. The lowest BCUT2D eigenvalue weighted by atomic mass is 9.91. The third-order valence-electron chi connectivity index (χ3n) is 3.92. The minimum Gasteiger partial charge on any atom is -0.465 e. The molecule has 4 atom stereocenters. The maximum absolute atomic E-state index is 12.3. The van der Waals surface area contributed by atoms with Crippen LogP contribution in [0.1, 0.15) is 31.6 Å². The van der Waals surface area contributed by atoms with E-state index in [0.29, 0.717) is 0 Å². The summed E-state index contributed by atoms with van der Waals surface area (Å²) in [5, 5.41) is -1.24. The van der Waals surface area contributed by atoms with Crippen LogP contribution in [0.15, 0.2) is 28.1 Å². The summed E-state index contributed by atoms with van der Waals surface area (Å²) in [6.07, 6.45) is 0.358. The molecule has 1 saturated heterocycles. The van der Waals surface area contributed by atoms with Crippen LogP contribution in [0.4, 0.5) is 0 Å². The second-order valence-electron chi connectivity index (χ2n) is 6.08. The summed E-state index contributed by atoms with van der Waals surface area (Å²) >= 11 is 1.19. The van der Waals surface area contributed by atoms with Gasteiger partial charge in [-0.1, -0.05) is 6.58 Å². The van der Waals surface area contributed by atoms with E-state index in [9.17, 15) is 24.0 Å². The first-order valence-corrected chi connectivity index (χ1v) is 9.19. The second-order valence-corrected chi connectivity index (χ2v) is 7.47. The first kappa shape index (κ1) is 21.5. The van der Waals surface area contributed by atoms with Crippen LogP contribution >= 0.6 is 11.8 Å². The predicted molar refractivity (Wildman–Crippen MR) is 98.4 cm³/mol. The molecule has 1 aliphatic heterocycles. The SMILES string of the molecule is C=C(OC(C)=O)[C@H]1C(c2c[nH]c(=O)[nH]c2=O)S[C@H](COC(C)=O)[C@H]1OC(C)=O. The number of aromatic nitrogens is 2. The first-order valence-electron chi connectivity index (χ1n) is 8.25. The van der Waals surface area contributed by atoms with Crippen LogP contribution in [0, 0.1) is 5.92 Å². The monoisotopic (exact) mass is 412 g/mol. The van der Waals surface area contributed by atoms with Gasteiger partial charge >= 0.3 is 23.6 Å². The number of hydrogen-bond acceptors (Lipinski definition) is 9. The number of carbonyl (C=O) groups is 3. The fourth-order valence-electron chi connectivity index (χ4n) is 2.93. The van der Waals surface area contributed by atoms with Crippen molar-refractivity contribution in [3.05, 3.63) is 44.9 Å². The van der Waals surface area contributed by atoms with Crippen LogP contribution in [0.3, 0.4) is 0 Å². The average Bonchev–Trinajstić information content (AvgIpc) is 2.89. The van der Waals surface area contributed by atoms with E-state index in [2.05, 4.69) is 16.5 Å². The molecule has 0 radical (unpaired) electrons. The van der Waals surface area contributed by atoms with Crippen molar-refractivity contribution in [2.45, 2.75) is 37.4 Å². The maximum Gasteiger partial charge on any atom is 0.325 e. The van der Waals surface area contributed by atoms with Gasteiger partial charge in [-0.15, -0.1) is 11.8 Å². The van der Waals surface area contributed by atoms with Crippen LogP contribution in [-0.4, -0.2) is 45.8 Å². The van der Waals surface area contributed by atoms with Crippen molar-refractivity contribution in [2.75, 3.05) is 6.61 Å². The Balaban J connectivity index is 2.49. The highest BCUT2D eigenvalue weighted by Crippen LogP contribution is 2.52. The summed E-state index contributed by atoms with van der Waals surface area (Å²) in [5.41, 5.74) is -1.15. The third kappa shape index (κ3) is 5.12. The van der Waals surface area contributed by atoms with Gasteiger partial charge in [0.05, 0.1) is 16.4 Å². The van der Waals surface area contributed by atoms with E-state index < -0.39 is 51.7 Å². The Morgan fingerprint density at radius 3 is 2.36 bits per heavy atom. The zero-order valence-electron chi connectivity index (χ0n) is 15.5. The van der Waals surface area contributed by atoms with Gasteiger partial charge in [-0.2, -0.15) is 0 Å². The molecule has 11 heteroatoms. The van der Waals surface area contributed by atoms with Gasteiger partial charge in [0, 0.05) is 32.5 Å². The lowest BCUT2D eigenvalue weighted by molar-refractivity contribution is -0.150. The van der Waals surface area contributed by atoms with Crippen LogP contribution in [-0.2, 0) is 28.6 Å². The number of H-pyrrole nitrogens is 2. The molecule has 152 valence electrons. The molecule has 2 rings (SSSR count). The number of carbonyl (C=O) groups excluding carboxylic acids is 3. The molecular formula is C17H20N2O8S. The van der Waals surface area contributed by atoms with E-state index >= 15 is 0 Å². The molecule has 0 amide bonds. The molecule has 1 unspecified atom stereocenters. The van der Waals surface area contributed by atoms with Gasteiger partial charge in [0.25, 0.3) is 5.56 Å². The van der Waals surface area contributed by atoms with E-state index in [1.807, 2.05) is 0 Å². The second kappa shape index (κ2) is 8.91. The molecule has 0 aromatic carbocycles. The Bertz CT molecular complexity index is 905. The van der Waals surface area contributed by atoms with Crippen LogP contribution in [0.25, 0.3) is 0 Å². The summed E-state index contributed by atoms with van der Waals surface area (Å²) in [6, 6.07) is 0. The molecule has 0 aliphatic carbocycles. The van der Waals surface area contributed by atoms with Gasteiger partial charge in [-0.05, 0) is 0 Å². The fraction of sp³-hybridized carbons (Fsp3) is 0.471. The standard InChI is InChI=1S/C17H20N2O8S/c1-7(26-9(3)21)13-14(27-10(4)22)12(6-25-8(2)20)28-15(13)11-5-18-17(24)19-16(11)23/h5,12-15H,1,6H2,2-4H3,(H2,18,19,23,24)/t12-,13-,14-,15?/m1/s1. The summed E-state index contributed by atoms with van der Waals surface area (Å²) in [4.78, 5) is 62.4. The van der Waals surface area contributed by atoms with Crippen LogP contribution < -0.4 is 11.2 Å². The number of rotatable bonds is 6. The smallest absolute Gasteiger partial charge is 0.325 e. The Hall–Kier alpha value is -2.82. The molecule has 2 N–H and O–H groups in total. The third-order valence-corrected chi connectivity index (χ3v) is 5.52. The predicted octanol–water partition coefficient (Wildman–Crippen LogP) is 0.407. The fourth-order valence-corrected chi connectivity index (χ4v) is 4.63. The van der Waals surface area contributed by atoms with Crippen molar-refractivity contribution in [3.63, 3.8) is 0 Å². The molecule has 0 saturated carbocycles. The summed E-state index contributed by atoms with van der Waals surface area (Å²) in [6.45, 7) is 7.28. The highest BCUT2D eigenvalue weighted by molar-refractivity contribution is 8.00. The number of thioether (sulfide) groups is 1. The van der Waals surface area contributed by atoms with Gasteiger partial charge in [0.15, 0.2) is 0 Å². The number of esters is 3. The van der Waals surface area contributed by atoms with E-state index in [1.54, 1.807) is 0 Å². The summed E-state index contributed by atoms with van der Waals surface area (Å²) in [7, 11) is 0. The Kier molecular flexibility index (Phi) is 6.84. The highest BCUT2D eigenvalue weighted by Gasteiger charge is 2.50. The summed E-state index contributed by atoms with van der Waals surface area (Å²) < 4.78 is 15.6. The molecule has 10 nitrogen and oxygen atoms in total. The van der Waals surface area contributed by atoms with Gasteiger partial charge in [-0.3, -0.25) is 24.2 Å². The van der Waals surface area contributed by atoms with E-state index in [4.69, 9.17) is 14.2 Å².